The Hall–Kier alpha value is -1.42. The summed E-state index contributed by atoms with van der Waals surface area (Å²) in [6.45, 7) is 2.88. The lowest BCUT2D eigenvalue weighted by molar-refractivity contribution is 0.317. The minimum atomic E-state index is 0.781. The molecule has 0 aliphatic carbocycles. The van der Waals surface area contributed by atoms with Crippen molar-refractivity contribution in [3.8, 4) is 18.1 Å². The molecule has 0 bridgehead atoms. The van der Waals surface area contributed by atoms with E-state index in [4.69, 9.17) is 11.2 Å². The van der Waals surface area contributed by atoms with Crippen LogP contribution in [0.3, 0.4) is 0 Å². The molecule has 0 spiro atoms. The number of aryl methyl sites for hydroxylation is 1. The van der Waals surface area contributed by atoms with Gasteiger partial charge in [-0.3, -0.25) is 0 Å². The van der Waals surface area contributed by atoms with Crippen molar-refractivity contribution in [2.24, 2.45) is 0 Å². The number of terminal acetylenes is 1. The molecule has 0 N–H and O–H groups in total. The predicted molar refractivity (Wildman–Crippen MR) is 59.4 cm³/mol. The number of rotatable bonds is 5. The highest BCUT2D eigenvalue weighted by Crippen LogP contribution is 2.13. The molecule has 0 heterocycles. The van der Waals surface area contributed by atoms with Gasteiger partial charge in [-0.15, -0.1) is 12.3 Å². The molecule has 0 aliphatic rings. The van der Waals surface area contributed by atoms with Crippen LogP contribution in [0, 0.1) is 12.3 Å². The van der Waals surface area contributed by atoms with Crippen LogP contribution in [-0.2, 0) is 6.42 Å². The van der Waals surface area contributed by atoms with E-state index in [2.05, 4.69) is 25.0 Å². The van der Waals surface area contributed by atoms with E-state index in [1.165, 1.54) is 5.56 Å². The molecule has 74 valence electrons. The van der Waals surface area contributed by atoms with Crippen molar-refractivity contribution in [3.63, 3.8) is 0 Å². The smallest absolute Gasteiger partial charge is 0.119 e. The van der Waals surface area contributed by atoms with Gasteiger partial charge in [0.2, 0.25) is 0 Å². The molecule has 1 aromatic rings. The second-order valence-electron chi connectivity index (χ2n) is 3.20. The molecule has 0 unspecified atom stereocenters. The molecular weight excluding hydrogens is 172 g/mol. The largest absolute Gasteiger partial charge is 0.494 e. The van der Waals surface area contributed by atoms with Crippen molar-refractivity contribution in [2.45, 2.75) is 26.2 Å². The molecule has 0 aliphatic heterocycles. The highest BCUT2D eigenvalue weighted by molar-refractivity contribution is 5.27. The summed E-state index contributed by atoms with van der Waals surface area (Å²) >= 11 is 0. The number of hydrogen-bond acceptors (Lipinski definition) is 1. The van der Waals surface area contributed by atoms with E-state index in [1.54, 1.807) is 0 Å². The van der Waals surface area contributed by atoms with Crippen molar-refractivity contribution in [1.29, 1.82) is 0 Å². The van der Waals surface area contributed by atoms with Gasteiger partial charge in [0.15, 0.2) is 0 Å². The maximum atomic E-state index is 5.47. The van der Waals surface area contributed by atoms with E-state index < -0.39 is 0 Å². The summed E-state index contributed by atoms with van der Waals surface area (Å²) < 4.78 is 5.47. The Morgan fingerprint density at radius 1 is 1.29 bits per heavy atom. The highest BCUT2D eigenvalue weighted by atomic mass is 16.5. The highest BCUT2D eigenvalue weighted by Gasteiger charge is 1.94. The SMILES string of the molecule is C#CCCc1ccc(OCCC)cc1. The van der Waals surface area contributed by atoms with E-state index in [0.29, 0.717) is 0 Å². The standard InChI is InChI=1S/C13H16O/c1-3-5-6-12-7-9-13(10-8-12)14-11-4-2/h1,7-10H,4-6,11H2,2H3. The van der Waals surface area contributed by atoms with E-state index in [1.807, 2.05) is 12.1 Å². The third kappa shape index (κ3) is 3.53. The van der Waals surface area contributed by atoms with Crippen LogP contribution < -0.4 is 4.74 Å². The predicted octanol–water partition coefficient (Wildman–Crippen LogP) is 3.04. The first kappa shape index (κ1) is 10.7. The van der Waals surface area contributed by atoms with Gasteiger partial charge in [0.25, 0.3) is 0 Å². The Morgan fingerprint density at radius 2 is 2.00 bits per heavy atom. The average Bonchev–Trinajstić information content (AvgIpc) is 2.25. The summed E-state index contributed by atoms with van der Waals surface area (Å²) in [7, 11) is 0. The minimum Gasteiger partial charge on any atom is -0.494 e. The van der Waals surface area contributed by atoms with E-state index in [9.17, 15) is 0 Å². The van der Waals surface area contributed by atoms with Crippen LogP contribution in [0.25, 0.3) is 0 Å². The van der Waals surface area contributed by atoms with Gasteiger partial charge in [0.1, 0.15) is 5.75 Å². The molecular formula is C13H16O. The fourth-order valence-electron chi connectivity index (χ4n) is 1.19. The molecule has 1 aromatic carbocycles. The summed E-state index contributed by atoms with van der Waals surface area (Å²) in [6, 6.07) is 8.15. The zero-order valence-electron chi connectivity index (χ0n) is 8.62. The van der Waals surface area contributed by atoms with Gasteiger partial charge >= 0.3 is 0 Å². The third-order valence-corrected chi connectivity index (χ3v) is 1.95. The third-order valence-electron chi connectivity index (χ3n) is 1.95. The zero-order valence-corrected chi connectivity index (χ0v) is 8.62. The molecule has 0 saturated heterocycles. The number of ether oxygens (including phenoxy) is 1. The second kappa shape index (κ2) is 6.10. The van der Waals surface area contributed by atoms with Gasteiger partial charge in [-0.25, -0.2) is 0 Å². The van der Waals surface area contributed by atoms with Crippen molar-refractivity contribution in [2.75, 3.05) is 6.61 Å². The van der Waals surface area contributed by atoms with Gasteiger partial charge in [-0.2, -0.15) is 0 Å². The van der Waals surface area contributed by atoms with Crippen LogP contribution in [-0.4, -0.2) is 6.61 Å². The molecule has 1 nitrogen and oxygen atoms in total. The molecule has 0 atom stereocenters. The van der Waals surface area contributed by atoms with Crippen LogP contribution in [0.15, 0.2) is 24.3 Å². The fourth-order valence-corrected chi connectivity index (χ4v) is 1.19. The lowest BCUT2D eigenvalue weighted by atomic mass is 10.1. The summed E-state index contributed by atoms with van der Waals surface area (Å²) in [5.41, 5.74) is 1.27. The Morgan fingerprint density at radius 3 is 2.57 bits per heavy atom. The zero-order chi connectivity index (χ0) is 10.2. The first-order valence-corrected chi connectivity index (χ1v) is 5.02. The summed E-state index contributed by atoms with van der Waals surface area (Å²) in [5.74, 6) is 3.57. The lowest BCUT2D eigenvalue weighted by Gasteiger charge is -2.04. The molecule has 0 radical (unpaired) electrons. The van der Waals surface area contributed by atoms with Crippen molar-refractivity contribution in [3.05, 3.63) is 29.8 Å². The number of hydrogen-bond donors (Lipinski definition) is 0. The molecule has 1 rings (SSSR count). The molecule has 0 aromatic heterocycles. The van der Waals surface area contributed by atoms with E-state index >= 15 is 0 Å². The van der Waals surface area contributed by atoms with E-state index in [-0.39, 0.29) is 0 Å². The van der Waals surface area contributed by atoms with Gasteiger partial charge < -0.3 is 4.74 Å². The maximum absolute atomic E-state index is 5.47. The monoisotopic (exact) mass is 188 g/mol. The van der Waals surface area contributed by atoms with Crippen LogP contribution in [0.4, 0.5) is 0 Å². The average molecular weight is 188 g/mol. The normalized spacial score (nSPS) is 9.43. The molecule has 0 saturated carbocycles. The molecule has 0 fully saturated rings. The first-order valence-electron chi connectivity index (χ1n) is 5.02. The van der Waals surface area contributed by atoms with E-state index in [0.717, 1.165) is 31.6 Å². The molecule has 0 amide bonds. The minimum absolute atomic E-state index is 0.781. The molecule has 1 heteroatoms. The van der Waals surface area contributed by atoms with Crippen molar-refractivity contribution < 1.29 is 4.74 Å². The summed E-state index contributed by atoms with van der Waals surface area (Å²) in [5, 5.41) is 0. The van der Waals surface area contributed by atoms with Crippen LogP contribution in [0.2, 0.25) is 0 Å². The topological polar surface area (TPSA) is 9.23 Å². The Bertz CT molecular complexity index is 292. The van der Waals surface area contributed by atoms with Crippen LogP contribution >= 0.6 is 0 Å². The van der Waals surface area contributed by atoms with Crippen molar-refractivity contribution >= 4 is 0 Å². The Labute approximate surface area is 86.1 Å². The first-order chi connectivity index (χ1) is 6.86. The lowest BCUT2D eigenvalue weighted by Crippen LogP contribution is -1.94. The quantitative estimate of drug-likeness (QED) is 0.645. The number of benzene rings is 1. The van der Waals surface area contributed by atoms with Crippen LogP contribution in [0.5, 0.6) is 5.75 Å². The molecule has 14 heavy (non-hydrogen) atoms. The Balaban J connectivity index is 2.47. The second-order valence-corrected chi connectivity index (χ2v) is 3.20. The van der Waals surface area contributed by atoms with Gasteiger partial charge in [0, 0.05) is 6.42 Å². The summed E-state index contributed by atoms with van der Waals surface area (Å²) in [6.07, 6.45) is 7.99. The van der Waals surface area contributed by atoms with Crippen molar-refractivity contribution in [1.82, 2.24) is 0 Å². The van der Waals surface area contributed by atoms with Crippen LogP contribution in [0.1, 0.15) is 25.3 Å². The fraction of sp³-hybridized carbons (Fsp3) is 0.385. The Kier molecular flexibility index (Phi) is 4.64. The summed E-state index contributed by atoms with van der Waals surface area (Å²) in [4.78, 5) is 0. The van der Waals surface area contributed by atoms with Gasteiger partial charge in [-0.1, -0.05) is 19.1 Å². The maximum Gasteiger partial charge on any atom is 0.119 e. The van der Waals surface area contributed by atoms with Gasteiger partial charge in [0.05, 0.1) is 6.61 Å². The van der Waals surface area contributed by atoms with Gasteiger partial charge in [-0.05, 0) is 30.5 Å².